The Morgan fingerprint density at radius 1 is 1.37 bits per heavy atom. The zero-order valence-corrected chi connectivity index (χ0v) is 11.1. The van der Waals surface area contributed by atoms with Crippen molar-refractivity contribution in [3.05, 3.63) is 35.4 Å². The van der Waals surface area contributed by atoms with E-state index in [2.05, 4.69) is 5.32 Å². The van der Waals surface area contributed by atoms with Crippen LogP contribution >= 0.6 is 0 Å². The van der Waals surface area contributed by atoms with Crippen molar-refractivity contribution in [2.75, 3.05) is 6.61 Å². The first-order valence-electron chi connectivity index (χ1n) is 5.89. The van der Waals surface area contributed by atoms with Gasteiger partial charge in [-0.2, -0.15) is 13.2 Å². The van der Waals surface area contributed by atoms with Crippen LogP contribution in [0.4, 0.5) is 13.2 Å². The number of hydrogen-bond donors (Lipinski definition) is 2. The molecule has 0 aliphatic heterocycles. The molecule has 1 aromatic rings. The number of hydrogen-bond acceptors (Lipinski definition) is 2. The van der Waals surface area contributed by atoms with Gasteiger partial charge in [0.15, 0.2) is 0 Å². The Kier molecular flexibility index (Phi) is 7.14. The molecule has 6 heteroatoms. The molecule has 2 N–H and O–H groups in total. The van der Waals surface area contributed by atoms with Gasteiger partial charge in [-0.15, -0.1) is 0 Å². The number of amides is 1. The molecule has 1 aromatic carbocycles. The molecule has 0 bridgehead atoms. The largest absolute Gasteiger partial charge is 0.416 e. The summed E-state index contributed by atoms with van der Waals surface area (Å²) in [5.41, 5.74) is -0.587. The van der Waals surface area contributed by atoms with Crippen molar-refractivity contribution >= 4 is 5.91 Å². The predicted molar refractivity (Wildman–Crippen MR) is 66.4 cm³/mol. The topological polar surface area (TPSA) is 49.3 Å². The number of halogens is 3. The number of carbonyl (C=O) groups is 1. The first kappa shape index (κ1) is 17.4. The minimum atomic E-state index is -4.44. The average molecular weight is 277 g/mol. The highest BCUT2D eigenvalue weighted by molar-refractivity contribution is 5.73. The van der Waals surface area contributed by atoms with Gasteiger partial charge in [-0.05, 0) is 17.7 Å². The Hall–Kier alpha value is -1.56. The Labute approximate surface area is 110 Å². The van der Waals surface area contributed by atoms with Crippen molar-refractivity contribution < 1.29 is 23.1 Å². The van der Waals surface area contributed by atoms with Gasteiger partial charge in [0, 0.05) is 6.92 Å². The fourth-order valence-electron chi connectivity index (χ4n) is 1.41. The molecule has 108 valence electrons. The van der Waals surface area contributed by atoms with Crippen LogP contribution in [-0.4, -0.2) is 17.6 Å². The van der Waals surface area contributed by atoms with Crippen LogP contribution in [0.15, 0.2) is 24.3 Å². The number of benzene rings is 1. The fourth-order valence-corrected chi connectivity index (χ4v) is 1.41. The van der Waals surface area contributed by atoms with Gasteiger partial charge in [-0.3, -0.25) is 4.79 Å². The lowest BCUT2D eigenvalue weighted by molar-refractivity contribution is -0.137. The number of aliphatic hydroxyl groups excluding tert-OH is 1. The maximum absolute atomic E-state index is 12.4. The van der Waals surface area contributed by atoms with Crippen LogP contribution in [0.1, 0.15) is 37.9 Å². The van der Waals surface area contributed by atoms with Crippen LogP contribution in [0.2, 0.25) is 0 Å². The molecule has 0 saturated heterocycles. The third-order valence-electron chi connectivity index (χ3n) is 2.18. The summed E-state index contributed by atoms with van der Waals surface area (Å²) < 4.78 is 37.3. The van der Waals surface area contributed by atoms with Crippen LogP contribution in [0.3, 0.4) is 0 Å². The number of rotatable bonds is 3. The van der Waals surface area contributed by atoms with Gasteiger partial charge >= 0.3 is 6.18 Å². The quantitative estimate of drug-likeness (QED) is 0.892. The summed E-state index contributed by atoms with van der Waals surface area (Å²) in [4.78, 5) is 10.8. The predicted octanol–water partition coefficient (Wildman–Crippen LogP) is 2.90. The zero-order chi connectivity index (χ0) is 15.1. The second-order valence-electron chi connectivity index (χ2n) is 3.56. The summed E-state index contributed by atoms with van der Waals surface area (Å²) >= 11 is 0. The number of alkyl halides is 3. The second kappa shape index (κ2) is 7.78. The van der Waals surface area contributed by atoms with Gasteiger partial charge in [-0.25, -0.2) is 0 Å². The normalized spacial score (nSPS) is 12.2. The molecular weight excluding hydrogens is 259 g/mol. The van der Waals surface area contributed by atoms with Gasteiger partial charge in [-0.1, -0.05) is 26.0 Å². The molecule has 0 aliphatic rings. The molecule has 0 radical (unpaired) electrons. The average Bonchev–Trinajstić information content (AvgIpc) is 2.37. The lowest BCUT2D eigenvalue weighted by atomic mass is 10.0. The monoisotopic (exact) mass is 277 g/mol. The lowest BCUT2D eigenvalue weighted by Crippen LogP contribution is -2.28. The molecule has 0 fully saturated rings. The van der Waals surface area contributed by atoms with Crippen molar-refractivity contribution in [3.63, 3.8) is 0 Å². The van der Waals surface area contributed by atoms with Gasteiger partial charge in [0.1, 0.15) is 0 Å². The van der Waals surface area contributed by atoms with Crippen LogP contribution in [0.5, 0.6) is 0 Å². The summed E-state index contributed by atoms with van der Waals surface area (Å²) in [6, 6.07) is 3.69. The fraction of sp³-hybridized carbons (Fsp3) is 0.462. The Morgan fingerprint density at radius 2 is 1.95 bits per heavy atom. The number of aliphatic hydroxyl groups is 1. The van der Waals surface area contributed by atoms with Gasteiger partial charge < -0.3 is 10.4 Å². The van der Waals surface area contributed by atoms with E-state index in [1.165, 1.54) is 19.1 Å². The highest BCUT2D eigenvalue weighted by atomic mass is 19.4. The van der Waals surface area contributed by atoms with Crippen molar-refractivity contribution in [1.29, 1.82) is 0 Å². The van der Waals surface area contributed by atoms with Crippen LogP contribution in [0.25, 0.3) is 0 Å². The molecule has 1 atom stereocenters. The Morgan fingerprint density at radius 3 is 2.37 bits per heavy atom. The first-order chi connectivity index (χ1) is 8.84. The molecule has 0 aromatic heterocycles. The van der Waals surface area contributed by atoms with Crippen molar-refractivity contribution in [2.24, 2.45) is 0 Å². The third kappa shape index (κ3) is 5.74. The summed E-state index contributed by atoms with van der Waals surface area (Å²) in [6.45, 7) is 4.77. The third-order valence-corrected chi connectivity index (χ3v) is 2.18. The van der Waals surface area contributed by atoms with E-state index in [1.807, 2.05) is 13.8 Å². The Balaban J connectivity index is 0.00000154. The van der Waals surface area contributed by atoms with Crippen LogP contribution in [-0.2, 0) is 11.0 Å². The van der Waals surface area contributed by atoms with E-state index >= 15 is 0 Å². The van der Waals surface area contributed by atoms with Crippen molar-refractivity contribution in [2.45, 2.75) is 33.0 Å². The number of carbonyl (C=O) groups excluding carboxylic acids is 1. The van der Waals surface area contributed by atoms with E-state index in [-0.39, 0.29) is 5.56 Å². The molecule has 0 unspecified atom stereocenters. The Bertz CT molecular complexity index is 405. The first-order valence-corrected chi connectivity index (χ1v) is 5.89. The summed E-state index contributed by atoms with van der Waals surface area (Å²) in [7, 11) is 0. The van der Waals surface area contributed by atoms with E-state index in [0.717, 1.165) is 12.1 Å². The smallest absolute Gasteiger partial charge is 0.394 e. The minimum Gasteiger partial charge on any atom is -0.394 e. The molecule has 0 heterocycles. The van der Waals surface area contributed by atoms with E-state index in [1.54, 1.807) is 0 Å². The summed E-state index contributed by atoms with van der Waals surface area (Å²) in [5, 5.41) is 11.4. The number of nitrogens with one attached hydrogen (secondary N) is 1. The molecule has 0 aliphatic carbocycles. The van der Waals surface area contributed by atoms with Crippen molar-refractivity contribution in [3.8, 4) is 0 Å². The zero-order valence-electron chi connectivity index (χ0n) is 11.1. The molecular formula is C13H18F3NO2. The van der Waals surface area contributed by atoms with Crippen LogP contribution < -0.4 is 5.32 Å². The van der Waals surface area contributed by atoms with E-state index in [4.69, 9.17) is 5.11 Å². The minimum absolute atomic E-state index is 0.220. The standard InChI is InChI=1S/C11H12F3NO2.C2H6/c1-7(17)15-10(6-16)8-3-2-4-9(5-8)11(12,13)14;1-2/h2-5,10,16H,6H2,1H3,(H,15,17);1-2H3/t10-;/m1./s1. The molecule has 0 saturated carbocycles. The van der Waals surface area contributed by atoms with Gasteiger partial charge in [0.2, 0.25) is 5.91 Å². The summed E-state index contributed by atoms with van der Waals surface area (Å²) in [6.07, 6.45) is -4.44. The molecule has 3 nitrogen and oxygen atoms in total. The molecule has 0 spiro atoms. The van der Waals surface area contributed by atoms with E-state index in [9.17, 15) is 18.0 Å². The van der Waals surface area contributed by atoms with Crippen molar-refractivity contribution in [1.82, 2.24) is 5.32 Å². The van der Waals surface area contributed by atoms with E-state index < -0.39 is 30.3 Å². The highest BCUT2D eigenvalue weighted by Gasteiger charge is 2.30. The van der Waals surface area contributed by atoms with Gasteiger partial charge in [0.25, 0.3) is 0 Å². The maximum Gasteiger partial charge on any atom is 0.416 e. The highest BCUT2D eigenvalue weighted by Crippen LogP contribution is 2.30. The second-order valence-corrected chi connectivity index (χ2v) is 3.56. The molecule has 1 rings (SSSR count). The van der Waals surface area contributed by atoms with Crippen LogP contribution in [0, 0.1) is 0 Å². The molecule has 19 heavy (non-hydrogen) atoms. The van der Waals surface area contributed by atoms with E-state index in [0.29, 0.717) is 0 Å². The molecule has 1 amide bonds. The maximum atomic E-state index is 12.4. The van der Waals surface area contributed by atoms with Gasteiger partial charge in [0.05, 0.1) is 18.2 Å². The summed E-state index contributed by atoms with van der Waals surface area (Å²) in [5.74, 6) is -0.415. The SMILES string of the molecule is CC.CC(=O)N[C@H](CO)c1cccc(C(F)(F)F)c1. The lowest BCUT2D eigenvalue weighted by Gasteiger charge is -2.17.